The van der Waals surface area contributed by atoms with Crippen molar-refractivity contribution in [2.45, 2.75) is 11.6 Å². The average Bonchev–Trinajstić information content (AvgIpc) is 0.918. The Kier molecular flexibility index (Phi) is 21.5. The summed E-state index contributed by atoms with van der Waals surface area (Å²) in [5.41, 5.74) is 0. The molecule has 25 valence electrons. The summed E-state index contributed by atoms with van der Waals surface area (Å²) in [6.07, 6.45) is 0. The van der Waals surface area contributed by atoms with Gasteiger partial charge in [-0.25, -0.2) is 0 Å². The summed E-state index contributed by atoms with van der Waals surface area (Å²) in [6, 6.07) is 0. The highest BCUT2D eigenvalue weighted by Gasteiger charge is 1.46. The third-order valence-corrected chi connectivity index (χ3v) is 0. The van der Waals surface area contributed by atoms with Gasteiger partial charge >= 0.3 is 0 Å². The standard InChI is InChI=1S/2CH3.Al.H3N/h2*1H3;;1H3. The zero-order valence-electron chi connectivity index (χ0n) is 3.28. The lowest BCUT2D eigenvalue weighted by Crippen LogP contribution is -1.53. The van der Waals surface area contributed by atoms with Gasteiger partial charge < -0.3 is 6.15 Å². The molecule has 0 fully saturated rings. The summed E-state index contributed by atoms with van der Waals surface area (Å²) >= 11 is 0.750. The van der Waals surface area contributed by atoms with Gasteiger partial charge in [0.1, 0.15) is 0 Å². The molecular weight excluding hydrogens is 65.0 g/mol. The second-order valence-electron chi connectivity index (χ2n) is 0.577. The van der Waals surface area contributed by atoms with E-state index in [0.29, 0.717) is 0 Å². The second kappa shape index (κ2) is 9.74. The van der Waals surface area contributed by atoms with Crippen LogP contribution >= 0.6 is 0 Å². The van der Waals surface area contributed by atoms with E-state index in [-0.39, 0.29) is 6.15 Å². The lowest BCUT2D eigenvalue weighted by atomic mass is 11.9. The van der Waals surface area contributed by atoms with E-state index in [1.807, 2.05) is 0 Å². The molecule has 0 bridgehead atoms. The Balaban J connectivity index is 0. The molecule has 0 aliphatic heterocycles. The summed E-state index contributed by atoms with van der Waals surface area (Å²) in [4.78, 5) is 0. The molecule has 1 nitrogen and oxygen atoms in total. The largest absolute Gasteiger partial charge is 0.344 e. The van der Waals surface area contributed by atoms with Crippen molar-refractivity contribution in [2.24, 2.45) is 0 Å². The van der Waals surface area contributed by atoms with Crippen LogP contribution in [0, 0.1) is 0 Å². The molecule has 1 radical (unpaired) electrons. The molecule has 0 atom stereocenters. The first-order valence-electron chi connectivity index (χ1n) is 1.15. The fraction of sp³-hybridized carbons (Fsp3) is 1.00. The molecule has 0 spiro atoms. The van der Waals surface area contributed by atoms with Crippen LogP contribution in [0.2, 0.25) is 11.6 Å². The molecule has 0 aromatic carbocycles. The van der Waals surface area contributed by atoms with Crippen LogP contribution in [0.25, 0.3) is 0 Å². The van der Waals surface area contributed by atoms with Crippen molar-refractivity contribution >= 4 is 15.2 Å². The molecule has 0 rings (SSSR count). The molecule has 0 saturated heterocycles. The average molecular weight is 74.1 g/mol. The minimum atomic E-state index is 0. The van der Waals surface area contributed by atoms with Gasteiger partial charge in [0.15, 0.2) is 15.2 Å². The van der Waals surface area contributed by atoms with Crippen molar-refractivity contribution in [2.75, 3.05) is 0 Å². The highest BCUT2D eigenvalue weighted by molar-refractivity contribution is 6.31. The van der Waals surface area contributed by atoms with Crippen LogP contribution in [0.3, 0.4) is 0 Å². The Hall–Kier alpha value is 0.492. The van der Waals surface area contributed by atoms with Gasteiger partial charge in [-0.3, -0.25) is 0 Å². The van der Waals surface area contributed by atoms with Crippen molar-refractivity contribution in [1.29, 1.82) is 0 Å². The maximum absolute atomic E-state index is 2.21. The monoisotopic (exact) mass is 74.1 g/mol. The second-order valence-corrected chi connectivity index (χ2v) is 1.73. The number of rotatable bonds is 0. The summed E-state index contributed by atoms with van der Waals surface area (Å²) in [5.74, 6) is 4.42. The fourth-order valence-electron chi connectivity index (χ4n) is 0. The van der Waals surface area contributed by atoms with Crippen LogP contribution < -0.4 is 6.15 Å². The topological polar surface area (TPSA) is 35.0 Å². The molecule has 4 heavy (non-hydrogen) atoms. The Labute approximate surface area is 33.7 Å². The predicted molar refractivity (Wildman–Crippen MR) is 22.5 cm³/mol. The van der Waals surface area contributed by atoms with E-state index in [4.69, 9.17) is 0 Å². The van der Waals surface area contributed by atoms with E-state index >= 15 is 0 Å². The van der Waals surface area contributed by atoms with E-state index in [9.17, 15) is 0 Å². The Morgan fingerprint density at radius 1 is 1.25 bits per heavy atom. The third-order valence-electron chi connectivity index (χ3n) is 0. The predicted octanol–water partition coefficient (Wildman–Crippen LogP) is 0.949. The third kappa shape index (κ3) is 22.9. The molecule has 0 saturated carbocycles. The van der Waals surface area contributed by atoms with Crippen LogP contribution in [-0.4, -0.2) is 15.2 Å². The molecule has 0 aromatic rings. The fourth-order valence-corrected chi connectivity index (χ4v) is 0. The van der Waals surface area contributed by atoms with E-state index in [1.165, 1.54) is 0 Å². The summed E-state index contributed by atoms with van der Waals surface area (Å²) < 4.78 is 0. The maximum atomic E-state index is 2.21. The van der Waals surface area contributed by atoms with Crippen molar-refractivity contribution < 1.29 is 0 Å². The Bertz CT molecular complexity index is 6.00. The van der Waals surface area contributed by atoms with Gasteiger partial charge in [0.2, 0.25) is 0 Å². The minimum absolute atomic E-state index is 0. The van der Waals surface area contributed by atoms with Gasteiger partial charge in [0.25, 0.3) is 0 Å². The highest BCUT2D eigenvalue weighted by atomic mass is 27.1. The van der Waals surface area contributed by atoms with E-state index < -0.39 is 0 Å². The Morgan fingerprint density at radius 3 is 1.25 bits per heavy atom. The SMILES string of the molecule is N.[CH3][Al][CH3]. The molecule has 0 aliphatic rings. The molecule has 2 heteroatoms. The maximum Gasteiger partial charge on any atom is 0.191 e. The van der Waals surface area contributed by atoms with E-state index in [2.05, 4.69) is 11.6 Å². The normalized spacial score (nSPS) is 3.50. The zero-order valence-corrected chi connectivity index (χ0v) is 4.44. The molecule has 0 unspecified atom stereocenters. The molecular formula is C2H9AlN. The van der Waals surface area contributed by atoms with Crippen LogP contribution in [0.1, 0.15) is 0 Å². The molecule has 0 amide bonds. The van der Waals surface area contributed by atoms with E-state index in [0.717, 1.165) is 15.2 Å². The van der Waals surface area contributed by atoms with Crippen LogP contribution in [0.4, 0.5) is 0 Å². The van der Waals surface area contributed by atoms with Gasteiger partial charge in [-0.1, -0.05) is 0 Å². The first-order valence-corrected chi connectivity index (χ1v) is 3.46. The number of hydrogen-bond acceptors (Lipinski definition) is 1. The minimum Gasteiger partial charge on any atom is -0.344 e. The Morgan fingerprint density at radius 2 is 1.25 bits per heavy atom. The van der Waals surface area contributed by atoms with Gasteiger partial charge in [-0.05, 0) is 0 Å². The van der Waals surface area contributed by atoms with Gasteiger partial charge in [0.05, 0.1) is 0 Å². The van der Waals surface area contributed by atoms with E-state index in [1.54, 1.807) is 0 Å². The van der Waals surface area contributed by atoms with Crippen molar-refractivity contribution in [3.05, 3.63) is 0 Å². The number of hydrogen-bond donors (Lipinski definition) is 1. The summed E-state index contributed by atoms with van der Waals surface area (Å²) in [7, 11) is 0. The highest BCUT2D eigenvalue weighted by Crippen LogP contribution is 1.36. The molecule has 0 aliphatic carbocycles. The van der Waals surface area contributed by atoms with Gasteiger partial charge in [0, 0.05) is 0 Å². The molecule has 3 N–H and O–H groups in total. The zero-order chi connectivity index (χ0) is 2.71. The van der Waals surface area contributed by atoms with Gasteiger partial charge in [-0.2, -0.15) is 0 Å². The van der Waals surface area contributed by atoms with Crippen molar-refractivity contribution in [3.8, 4) is 0 Å². The lowest BCUT2D eigenvalue weighted by Gasteiger charge is -1.38. The first kappa shape index (κ1) is 8.82. The molecule has 0 heterocycles. The smallest absolute Gasteiger partial charge is 0.191 e. The summed E-state index contributed by atoms with van der Waals surface area (Å²) in [6.45, 7) is 0. The lowest BCUT2D eigenvalue weighted by molar-refractivity contribution is 2.13. The quantitative estimate of drug-likeness (QED) is 0.426. The van der Waals surface area contributed by atoms with Crippen LogP contribution in [0.5, 0.6) is 0 Å². The summed E-state index contributed by atoms with van der Waals surface area (Å²) in [5, 5.41) is 0. The van der Waals surface area contributed by atoms with Crippen LogP contribution in [-0.2, 0) is 0 Å². The van der Waals surface area contributed by atoms with Gasteiger partial charge in [-0.15, -0.1) is 11.6 Å². The first-order chi connectivity index (χ1) is 1.41. The van der Waals surface area contributed by atoms with Crippen LogP contribution in [0.15, 0.2) is 0 Å². The van der Waals surface area contributed by atoms with Crippen molar-refractivity contribution in [3.63, 3.8) is 0 Å². The van der Waals surface area contributed by atoms with Crippen molar-refractivity contribution in [1.82, 2.24) is 6.15 Å². The molecule has 0 aromatic heterocycles.